The molecule has 1 fully saturated rings. The highest BCUT2D eigenvalue weighted by Crippen LogP contribution is 2.23. The average Bonchev–Trinajstić information content (AvgIpc) is 2.27. The lowest BCUT2D eigenvalue weighted by atomic mass is 9.86. The molecule has 1 rings (SSSR count). The summed E-state index contributed by atoms with van der Waals surface area (Å²) < 4.78 is 39.6. The van der Waals surface area contributed by atoms with Crippen LogP contribution in [-0.2, 0) is 9.53 Å². The number of amides is 1. The normalized spacial score (nSPS) is 24.9. The minimum atomic E-state index is -4.32. The van der Waals surface area contributed by atoms with Crippen LogP contribution in [-0.4, -0.2) is 37.9 Å². The molecule has 0 unspecified atom stereocenters. The standard InChI is InChI=1S/C11H19F3N2O2/c12-11(13,14)7-18-6-5-16-10(17)8-1-3-9(15)4-2-8/h8-9H,1-7,15H2,(H,16,17). The zero-order valence-corrected chi connectivity index (χ0v) is 10.1. The Labute approximate surface area is 104 Å². The Morgan fingerprint density at radius 2 is 1.89 bits per heavy atom. The summed E-state index contributed by atoms with van der Waals surface area (Å²) in [6.45, 7) is -1.30. The number of nitrogens with two attached hydrogens (primary N) is 1. The zero-order valence-electron chi connectivity index (χ0n) is 10.1. The molecule has 18 heavy (non-hydrogen) atoms. The highest BCUT2D eigenvalue weighted by Gasteiger charge is 2.27. The Kier molecular flexibility index (Phi) is 5.87. The van der Waals surface area contributed by atoms with Crippen molar-refractivity contribution in [1.29, 1.82) is 0 Å². The molecular weight excluding hydrogens is 249 g/mol. The second kappa shape index (κ2) is 6.94. The van der Waals surface area contributed by atoms with Gasteiger partial charge < -0.3 is 15.8 Å². The van der Waals surface area contributed by atoms with Crippen molar-refractivity contribution in [2.24, 2.45) is 11.7 Å². The van der Waals surface area contributed by atoms with Gasteiger partial charge in [-0.2, -0.15) is 13.2 Å². The smallest absolute Gasteiger partial charge is 0.370 e. The van der Waals surface area contributed by atoms with Crippen LogP contribution >= 0.6 is 0 Å². The van der Waals surface area contributed by atoms with Gasteiger partial charge in [0.1, 0.15) is 6.61 Å². The van der Waals surface area contributed by atoms with E-state index in [1.807, 2.05) is 0 Å². The lowest BCUT2D eigenvalue weighted by molar-refractivity contribution is -0.173. The first-order valence-corrected chi connectivity index (χ1v) is 6.06. The van der Waals surface area contributed by atoms with E-state index in [9.17, 15) is 18.0 Å². The third kappa shape index (κ3) is 6.20. The van der Waals surface area contributed by atoms with Crippen LogP contribution in [0.3, 0.4) is 0 Å². The number of alkyl halides is 3. The first-order valence-electron chi connectivity index (χ1n) is 6.06. The molecule has 0 aromatic carbocycles. The van der Waals surface area contributed by atoms with Crippen molar-refractivity contribution in [3.05, 3.63) is 0 Å². The van der Waals surface area contributed by atoms with Crippen molar-refractivity contribution in [1.82, 2.24) is 5.32 Å². The van der Waals surface area contributed by atoms with Crippen LogP contribution in [0.25, 0.3) is 0 Å². The number of hydrogen-bond donors (Lipinski definition) is 2. The first kappa shape index (κ1) is 15.2. The van der Waals surface area contributed by atoms with Crippen molar-refractivity contribution >= 4 is 5.91 Å². The van der Waals surface area contributed by atoms with Crippen LogP contribution in [0.15, 0.2) is 0 Å². The molecule has 0 saturated heterocycles. The molecule has 0 aromatic rings. The summed E-state index contributed by atoms with van der Waals surface area (Å²) >= 11 is 0. The van der Waals surface area contributed by atoms with Crippen molar-refractivity contribution in [2.45, 2.75) is 37.9 Å². The molecule has 4 nitrogen and oxygen atoms in total. The van der Waals surface area contributed by atoms with Gasteiger partial charge in [0.25, 0.3) is 0 Å². The molecule has 0 aromatic heterocycles. The Bertz CT molecular complexity index is 264. The van der Waals surface area contributed by atoms with Crippen molar-refractivity contribution in [2.75, 3.05) is 19.8 Å². The molecule has 1 amide bonds. The summed E-state index contributed by atoms with van der Waals surface area (Å²) in [6.07, 6.45) is -1.18. The molecule has 0 aliphatic heterocycles. The predicted octanol–water partition coefficient (Wildman–Crippen LogP) is 1.20. The summed E-state index contributed by atoms with van der Waals surface area (Å²) in [5, 5.41) is 2.58. The van der Waals surface area contributed by atoms with Gasteiger partial charge in [0.2, 0.25) is 5.91 Å². The minimum Gasteiger partial charge on any atom is -0.370 e. The van der Waals surface area contributed by atoms with Crippen LogP contribution < -0.4 is 11.1 Å². The van der Waals surface area contributed by atoms with E-state index in [1.165, 1.54) is 0 Å². The molecule has 1 aliphatic carbocycles. The SMILES string of the molecule is NC1CCC(C(=O)NCCOCC(F)(F)F)CC1. The molecule has 0 heterocycles. The Morgan fingerprint density at radius 1 is 1.28 bits per heavy atom. The van der Waals surface area contributed by atoms with Crippen molar-refractivity contribution in [3.63, 3.8) is 0 Å². The number of nitrogens with one attached hydrogen (secondary N) is 1. The van der Waals surface area contributed by atoms with E-state index in [0.29, 0.717) is 0 Å². The summed E-state index contributed by atoms with van der Waals surface area (Å²) in [7, 11) is 0. The fourth-order valence-corrected chi connectivity index (χ4v) is 1.96. The Balaban J connectivity index is 2.07. The van der Waals surface area contributed by atoms with Gasteiger partial charge >= 0.3 is 6.18 Å². The number of ether oxygens (including phenoxy) is 1. The van der Waals surface area contributed by atoms with Crippen molar-refractivity contribution in [3.8, 4) is 0 Å². The zero-order chi connectivity index (χ0) is 13.6. The maximum absolute atomic E-state index is 11.7. The number of hydrogen-bond acceptors (Lipinski definition) is 3. The molecule has 7 heteroatoms. The minimum absolute atomic E-state index is 0.0626. The quantitative estimate of drug-likeness (QED) is 0.736. The lowest BCUT2D eigenvalue weighted by Crippen LogP contribution is -2.37. The lowest BCUT2D eigenvalue weighted by Gasteiger charge is -2.25. The Morgan fingerprint density at radius 3 is 2.44 bits per heavy atom. The first-order chi connectivity index (χ1) is 8.38. The molecule has 1 aliphatic rings. The summed E-state index contributed by atoms with van der Waals surface area (Å²) in [5.74, 6) is -0.176. The fourth-order valence-electron chi connectivity index (χ4n) is 1.96. The van der Waals surface area contributed by atoms with E-state index in [4.69, 9.17) is 5.73 Å². The second-order valence-electron chi connectivity index (χ2n) is 4.57. The Hall–Kier alpha value is -0.820. The topological polar surface area (TPSA) is 64.4 Å². The molecule has 0 bridgehead atoms. The van der Waals surface area contributed by atoms with Gasteiger partial charge in [-0.3, -0.25) is 4.79 Å². The molecule has 0 radical (unpaired) electrons. The summed E-state index contributed by atoms with van der Waals surface area (Å²) in [4.78, 5) is 11.6. The summed E-state index contributed by atoms with van der Waals surface area (Å²) in [6, 6.07) is 0.171. The molecule has 106 valence electrons. The van der Waals surface area contributed by atoms with Crippen LogP contribution in [0.5, 0.6) is 0 Å². The number of halogens is 3. The maximum Gasteiger partial charge on any atom is 0.411 e. The van der Waals surface area contributed by atoms with Gasteiger partial charge in [0, 0.05) is 18.5 Å². The molecular formula is C11H19F3N2O2. The molecule has 1 saturated carbocycles. The van der Waals surface area contributed by atoms with Gasteiger partial charge in [0.15, 0.2) is 0 Å². The largest absolute Gasteiger partial charge is 0.411 e. The fraction of sp³-hybridized carbons (Fsp3) is 0.909. The highest BCUT2D eigenvalue weighted by atomic mass is 19.4. The summed E-state index contributed by atoms with van der Waals surface area (Å²) in [5.41, 5.74) is 5.72. The van der Waals surface area contributed by atoms with E-state index in [-0.39, 0.29) is 31.0 Å². The third-order valence-electron chi connectivity index (χ3n) is 2.95. The predicted molar refractivity (Wildman–Crippen MR) is 59.8 cm³/mol. The van der Waals surface area contributed by atoms with E-state index in [2.05, 4.69) is 10.1 Å². The second-order valence-corrected chi connectivity index (χ2v) is 4.57. The average molecular weight is 268 g/mol. The van der Waals surface area contributed by atoms with Gasteiger partial charge in [-0.15, -0.1) is 0 Å². The van der Waals surface area contributed by atoms with Crippen LogP contribution in [0.2, 0.25) is 0 Å². The van der Waals surface area contributed by atoms with Gasteiger partial charge in [0.05, 0.1) is 6.61 Å². The van der Waals surface area contributed by atoms with E-state index >= 15 is 0 Å². The van der Waals surface area contributed by atoms with Gasteiger partial charge in [-0.25, -0.2) is 0 Å². The van der Waals surface area contributed by atoms with E-state index in [0.717, 1.165) is 25.7 Å². The number of rotatable bonds is 5. The van der Waals surface area contributed by atoms with Crippen LogP contribution in [0, 0.1) is 5.92 Å². The van der Waals surface area contributed by atoms with Crippen LogP contribution in [0.1, 0.15) is 25.7 Å². The monoisotopic (exact) mass is 268 g/mol. The van der Waals surface area contributed by atoms with E-state index < -0.39 is 12.8 Å². The molecule has 0 spiro atoms. The molecule has 3 N–H and O–H groups in total. The van der Waals surface area contributed by atoms with Crippen LogP contribution in [0.4, 0.5) is 13.2 Å². The van der Waals surface area contributed by atoms with E-state index in [1.54, 1.807) is 0 Å². The highest BCUT2D eigenvalue weighted by molar-refractivity contribution is 5.78. The van der Waals surface area contributed by atoms with Crippen molar-refractivity contribution < 1.29 is 22.7 Å². The number of carbonyl (C=O) groups excluding carboxylic acids is 1. The third-order valence-corrected chi connectivity index (χ3v) is 2.95. The van der Waals surface area contributed by atoms with Gasteiger partial charge in [-0.05, 0) is 25.7 Å². The maximum atomic E-state index is 11.7. The molecule has 0 atom stereocenters. The number of carbonyl (C=O) groups is 1. The van der Waals surface area contributed by atoms with Gasteiger partial charge in [-0.1, -0.05) is 0 Å².